The molecule has 154 valence electrons. The molecule has 1 fully saturated rings. The summed E-state index contributed by atoms with van der Waals surface area (Å²) < 4.78 is 11.9. The zero-order valence-electron chi connectivity index (χ0n) is 16.2. The van der Waals surface area contributed by atoms with Gasteiger partial charge in [-0.1, -0.05) is 21.0 Å². The summed E-state index contributed by atoms with van der Waals surface area (Å²) in [6, 6.07) is 14.3. The van der Waals surface area contributed by atoms with E-state index in [1.54, 1.807) is 29.2 Å². The van der Waals surface area contributed by atoms with Crippen molar-refractivity contribution in [1.29, 1.82) is 0 Å². The molecule has 0 spiro atoms. The summed E-state index contributed by atoms with van der Waals surface area (Å²) >= 11 is 3.33. The van der Waals surface area contributed by atoms with Gasteiger partial charge in [0.1, 0.15) is 5.75 Å². The summed E-state index contributed by atoms with van der Waals surface area (Å²) in [5.41, 5.74) is 1.25. The molecular formula is C21H19BrN4O4. The van der Waals surface area contributed by atoms with Gasteiger partial charge in [0, 0.05) is 28.7 Å². The van der Waals surface area contributed by atoms with E-state index in [-0.39, 0.29) is 30.2 Å². The first kappa shape index (κ1) is 20.1. The minimum absolute atomic E-state index is 0.00452. The highest BCUT2D eigenvalue weighted by atomic mass is 79.9. The minimum Gasteiger partial charge on any atom is -0.494 e. The molecule has 2 amide bonds. The van der Waals surface area contributed by atoms with Gasteiger partial charge in [0.2, 0.25) is 11.8 Å². The lowest BCUT2D eigenvalue weighted by atomic mass is 10.1. The molecule has 8 nitrogen and oxygen atoms in total. The fourth-order valence-electron chi connectivity index (χ4n) is 3.23. The zero-order chi connectivity index (χ0) is 21.1. The lowest BCUT2D eigenvalue weighted by Gasteiger charge is -2.16. The first-order valence-corrected chi connectivity index (χ1v) is 10.3. The van der Waals surface area contributed by atoms with Crippen LogP contribution in [0.4, 0.5) is 11.7 Å². The van der Waals surface area contributed by atoms with E-state index in [4.69, 9.17) is 9.15 Å². The topological polar surface area (TPSA) is 97.6 Å². The van der Waals surface area contributed by atoms with E-state index < -0.39 is 0 Å². The van der Waals surface area contributed by atoms with Crippen LogP contribution in [0.1, 0.15) is 35.5 Å². The van der Waals surface area contributed by atoms with Crippen molar-refractivity contribution < 1.29 is 18.7 Å². The Morgan fingerprint density at radius 3 is 2.63 bits per heavy atom. The van der Waals surface area contributed by atoms with Gasteiger partial charge in [-0.05, 0) is 55.5 Å². The Bertz CT molecular complexity index is 1050. The molecule has 0 saturated carbocycles. The molecule has 9 heteroatoms. The predicted molar refractivity (Wildman–Crippen MR) is 114 cm³/mol. The molecule has 1 aliphatic rings. The number of carbonyl (C=O) groups is 2. The predicted octanol–water partition coefficient (Wildman–Crippen LogP) is 4.00. The summed E-state index contributed by atoms with van der Waals surface area (Å²) in [6.45, 7) is 2.93. The smallest absolute Gasteiger partial charge is 0.322 e. The van der Waals surface area contributed by atoms with Crippen LogP contribution in [0.2, 0.25) is 0 Å². The number of nitrogens with one attached hydrogen (secondary N) is 1. The van der Waals surface area contributed by atoms with Crippen molar-refractivity contribution in [3.8, 4) is 5.75 Å². The molecule has 2 heterocycles. The Labute approximate surface area is 181 Å². The molecule has 1 atom stereocenters. The number of rotatable bonds is 6. The van der Waals surface area contributed by atoms with E-state index in [0.717, 1.165) is 15.9 Å². The maximum absolute atomic E-state index is 12.5. The molecule has 0 bridgehead atoms. The average Bonchev–Trinajstić information content (AvgIpc) is 3.36. The van der Waals surface area contributed by atoms with Crippen molar-refractivity contribution in [1.82, 2.24) is 10.2 Å². The van der Waals surface area contributed by atoms with E-state index in [0.29, 0.717) is 24.6 Å². The van der Waals surface area contributed by atoms with Crippen LogP contribution in [0.5, 0.6) is 5.75 Å². The van der Waals surface area contributed by atoms with Gasteiger partial charge in [0.15, 0.2) is 0 Å². The second-order valence-corrected chi connectivity index (χ2v) is 7.65. The summed E-state index contributed by atoms with van der Waals surface area (Å²) in [5.74, 6) is 0.462. The van der Waals surface area contributed by atoms with E-state index in [9.17, 15) is 9.59 Å². The van der Waals surface area contributed by atoms with Crippen molar-refractivity contribution >= 4 is 39.4 Å². The van der Waals surface area contributed by atoms with Crippen molar-refractivity contribution in [2.45, 2.75) is 19.3 Å². The third-order valence-corrected chi connectivity index (χ3v) is 5.23. The maximum Gasteiger partial charge on any atom is 0.322 e. The van der Waals surface area contributed by atoms with Crippen LogP contribution < -0.4 is 15.0 Å². The number of carbonyl (C=O) groups excluding carboxylic acids is 2. The van der Waals surface area contributed by atoms with Crippen molar-refractivity contribution in [3.63, 3.8) is 0 Å². The van der Waals surface area contributed by atoms with E-state index in [1.165, 1.54) is 0 Å². The standard InChI is InChI=1S/C21H19BrN4O4/c1-2-29-17-9-7-16(8-10-17)26-12-14(11-18(26)27)20-24-25-21(30-20)23-19(28)13-3-5-15(22)6-4-13/h3-10,14H,2,11-12H2,1H3,(H,23,25,28)/t14-/m0/s1. The molecule has 1 aromatic heterocycles. The first-order chi connectivity index (χ1) is 14.5. The summed E-state index contributed by atoms with van der Waals surface area (Å²) in [4.78, 5) is 26.5. The third-order valence-electron chi connectivity index (χ3n) is 4.70. The normalized spacial score (nSPS) is 16.0. The lowest BCUT2D eigenvalue weighted by molar-refractivity contribution is -0.117. The number of halogens is 1. The first-order valence-electron chi connectivity index (χ1n) is 9.47. The Morgan fingerprint density at radius 1 is 1.20 bits per heavy atom. The highest BCUT2D eigenvalue weighted by Crippen LogP contribution is 2.32. The van der Waals surface area contributed by atoms with Gasteiger partial charge in [-0.15, -0.1) is 5.10 Å². The Hall–Kier alpha value is -3.20. The number of hydrogen-bond donors (Lipinski definition) is 1. The largest absolute Gasteiger partial charge is 0.494 e. The quantitative estimate of drug-likeness (QED) is 0.584. The Kier molecular flexibility index (Phi) is 5.80. The maximum atomic E-state index is 12.5. The minimum atomic E-state index is -0.351. The van der Waals surface area contributed by atoms with Crippen LogP contribution >= 0.6 is 15.9 Å². The molecule has 3 aromatic rings. The van der Waals surface area contributed by atoms with Gasteiger partial charge in [0.25, 0.3) is 5.91 Å². The van der Waals surface area contributed by atoms with Gasteiger partial charge < -0.3 is 14.1 Å². The van der Waals surface area contributed by atoms with E-state index in [2.05, 4.69) is 31.4 Å². The second-order valence-electron chi connectivity index (χ2n) is 6.74. The average molecular weight is 471 g/mol. The number of ether oxygens (including phenoxy) is 1. The fraction of sp³-hybridized carbons (Fsp3) is 0.238. The molecule has 1 N–H and O–H groups in total. The fourth-order valence-corrected chi connectivity index (χ4v) is 3.50. The zero-order valence-corrected chi connectivity index (χ0v) is 17.8. The molecular weight excluding hydrogens is 452 g/mol. The number of hydrogen-bond acceptors (Lipinski definition) is 6. The van der Waals surface area contributed by atoms with Crippen LogP contribution in [0, 0.1) is 0 Å². The van der Waals surface area contributed by atoms with Crippen molar-refractivity contribution in [2.75, 3.05) is 23.4 Å². The van der Waals surface area contributed by atoms with Gasteiger partial charge in [-0.2, -0.15) is 0 Å². The second kappa shape index (κ2) is 8.66. The Balaban J connectivity index is 1.41. The van der Waals surface area contributed by atoms with Crippen LogP contribution in [0.25, 0.3) is 0 Å². The van der Waals surface area contributed by atoms with Crippen molar-refractivity contribution in [2.24, 2.45) is 0 Å². The molecule has 2 aromatic carbocycles. The number of nitrogens with zero attached hydrogens (tertiary/aromatic N) is 3. The molecule has 0 aliphatic carbocycles. The van der Waals surface area contributed by atoms with Gasteiger partial charge in [-0.25, -0.2) is 0 Å². The molecule has 4 rings (SSSR count). The summed E-state index contributed by atoms with van der Waals surface area (Å²) in [7, 11) is 0. The van der Waals surface area contributed by atoms with Crippen molar-refractivity contribution in [3.05, 3.63) is 64.5 Å². The number of amides is 2. The number of aromatic nitrogens is 2. The lowest BCUT2D eigenvalue weighted by Crippen LogP contribution is -2.24. The summed E-state index contributed by atoms with van der Waals surface area (Å²) in [5, 5.41) is 10.5. The van der Waals surface area contributed by atoms with Crippen LogP contribution in [0.15, 0.2) is 57.4 Å². The monoisotopic (exact) mass is 470 g/mol. The van der Waals surface area contributed by atoms with Gasteiger partial charge >= 0.3 is 6.01 Å². The molecule has 30 heavy (non-hydrogen) atoms. The number of benzene rings is 2. The van der Waals surface area contributed by atoms with Crippen LogP contribution in [-0.4, -0.2) is 35.2 Å². The number of anilines is 2. The van der Waals surface area contributed by atoms with Crippen LogP contribution in [0.3, 0.4) is 0 Å². The highest BCUT2D eigenvalue weighted by Gasteiger charge is 2.35. The molecule has 0 radical (unpaired) electrons. The third kappa shape index (κ3) is 4.35. The SMILES string of the molecule is CCOc1ccc(N2C[C@@H](c3nnc(NC(=O)c4ccc(Br)cc4)o3)CC2=O)cc1. The van der Waals surface area contributed by atoms with Gasteiger partial charge in [-0.3, -0.25) is 14.9 Å². The van der Waals surface area contributed by atoms with E-state index in [1.807, 2.05) is 31.2 Å². The van der Waals surface area contributed by atoms with Gasteiger partial charge in [0.05, 0.1) is 12.5 Å². The molecule has 1 saturated heterocycles. The van der Waals surface area contributed by atoms with E-state index >= 15 is 0 Å². The highest BCUT2D eigenvalue weighted by molar-refractivity contribution is 9.10. The molecule has 0 unspecified atom stereocenters. The van der Waals surface area contributed by atoms with Crippen LogP contribution in [-0.2, 0) is 4.79 Å². The Morgan fingerprint density at radius 2 is 1.93 bits per heavy atom. The summed E-state index contributed by atoms with van der Waals surface area (Å²) in [6.07, 6.45) is 0.259. The molecule has 1 aliphatic heterocycles.